The van der Waals surface area contributed by atoms with Gasteiger partial charge in [0, 0.05) is 24.1 Å². The Morgan fingerprint density at radius 2 is 2.29 bits per heavy atom. The predicted molar refractivity (Wildman–Crippen MR) is 70.5 cm³/mol. The number of rotatable bonds is 2. The van der Waals surface area contributed by atoms with Gasteiger partial charge in [0.1, 0.15) is 5.75 Å². The number of phenols is 1. The van der Waals surface area contributed by atoms with E-state index < -0.39 is 0 Å². The molecule has 0 aromatic heterocycles. The smallest absolute Gasteiger partial charge is 0.257 e. The molecule has 1 atom stereocenters. The summed E-state index contributed by atoms with van der Waals surface area (Å²) < 4.78 is 0. The highest BCUT2D eigenvalue weighted by Gasteiger charge is 2.25. The molecule has 0 spiro atoms. The first-order valence-electron chi connectivity index (χ1n) is 5.91. The molecule has 1 saturated heterocycles. The number of hydrogen-bond acceptors (Lipinski definition) is 3. The van der Waals surface area contributed by atoms with E-state index in [0.29, 0.717) is 10.8 Å². The van der Waals surface area contributed by atoms with Crippen molar-refractivity contribution in [1.82, 2.24) is 4.90 Å². The molecule has 1 aromatic rings. The molecular weight excluding hydrogens is 234 g/mol. The van der Waals surface area contributed by atoms with Crippen LogP contribution in [0.4, 0.5) is 0 Å². The molecule has 3 nitrogen and oxygen atoms in total. The predicted octanol–water partition coefficient (Wildman–Crippen LogP) is 2.36. The first-order chi connectivity index (χ1) is 8.22. The van der Waals surface area contributed by atoms with Gasteiger partial charge >= 0.3 is 0 Å². The Bertz CT molecular complexity index is 408. The third-order valence-corrected chi connectivity index (χ3v) is 4.39. The van der Waals surface area contributed by atoms with Gasteiger partial charge in [-0.2, -0.15) is 11.8 Å². The lowest BCUT2D eigenvalue weighted by molar-refractivity contribution is 0.0758. The lowest BCUT2D eigenvalue weighted by Gasteiger charge is -2.32. The third-order valence-electron chi connectivity index (χ3n) is 3.02. The summed E-state index contributed by atoms with van der Waals surface area (Å²) >= 11 is 1.93. The molecule has 1 aliphatic rings. The van der Waals surface area contributed by atoms with Gasteiger partial charge in [-0.15, -0.1) is 0 Å². The molecule has 0 bridgehead atoms. The maximum absolute atomic E-state index is 12.2. The zero-order valence-electron chi connectivity index (χ0n) is 9.93. The van der Waals surface area contributed by atoms with Crippen LogP contribution in [0.5, 0.6) is 5.75 Å². The van der Waals surface area contributed by atoms with Gasteiger partial charge in [-0.1, -0.05) is 19.1 Å². The Labute approximate surface area is 106 Å². The standard InChI is InChI=1S/C13H17NO2S/c1-2-10-9-14(7-8-17-10)13(16)11-5-3-4-6-12(11)15/h3-6,10,15H,2,7-9H2,1H3. The van der Waals surface area contributed by atoms with Crippen molar-refractivity contribution in [2.75, 3.05) is 18.8 Å². The highest BCUT2D eigenvalue weighted by atomic mass is 32.2. The monoisotopic (exact) mass is 251 g/mol. The quantitative estimate of drug-likeness (QED) is 0.877. The average molecular weight is 251 g/mol. The highest BCUT2D eigenvalue weighted by molar-refractivity contribution is 8.00. The normalized spacial score (nSPS) is 20.3. The summed E-state index contributed by atoms with van der Waals surface area (Å²) in [7, 11) is 0. The van der Waals surface area contributed by atoms with Crippen LogP contribution in [0, 0.1) is 0 Å². The topological polar surface area (TPSA) is 40.5 Å². The van der Waals surface area contributed by atoms with Gasteiger partial charge in [0.25, 0.3) is 5.91 Å². The molecule has 1 heterocycles. The first kappa shape index (κ1) is 12.3. The van der Waals surface area contributed by atoms with E-state index in [9.17, 15) is 9.90 Å². The number of nitrogens with zero attached hydrogens (tertiary/aromatic N) is 1. The van der Waals surface area contributed by atoms with Gasteiger partial charge in [0.05, 0.1) is 5.56 Å². The van der Waals surface area contributed by atoms with Crippen molar-refractivity contribution in [2.45, 2.75) is 18.6 Å². The molecule has 1 N–H and O–H groups in total. The van der Waals surface area contributed by atoms with Crippen molar-refractivity contribution in [3.63, 3.8) is 0 Å². The number of phenolic OH excluding ortho intramolecular Hbond substituents is 1. The van der Waals surface area contributed by atoms with E-state index in [0.717, 1.165) is 25.3 Å². The van der Waals surface area contributed by atoms with Crippen LogP contribution in [0.25, 0.3) is 0 Å². The minimum Gasteiger partial charge on any atom is -0.507 e. The third kappa shape index (κ3) is 2.75. The van der Waals surface area contributed by atoms with Crippen molar-refractivity contribution in [2.24, 2.45) is 0 Å². The molecule has 0 saturated carbocycles. The molecular formula is C13H17NO2S. The largest absolute Gasteiger partial charge is 0.507 e. The first-order valence-corrected chi connectivity index (χ1v) is 6.96. The van der Waals surface area contributed by atoms with Gasteiger partial charge in [-0.25, -0.2) is 0 Å². The molecule has 0 radical (unpaired) electrons. The van der Waals surface area contributed by atoms with Crippen molar-refractivity contribution >= 4 is 17.7 Å². The van der Waals surface area contributed by atoms with E-state index in [-0.39, 0.29) is 11.7 Å². The molecule has 17 heavy (non-hydrogen) atoms. The van der Waals surface area contributed by atoms with Crippen LogP contribution < -0.4 is 0 Å². The number of benzene rings is 1. The summed E-state index contributed by atoms with van der Waals surface area (Å²) in [6.07, 6.45) is 1.08. The minimum atomic E-state index is -0.0538. The molecule has 2 rings (SSSR count). The fourth-order valence-electron chi connectivity index (χ4n) is 1.98. The summed E-state index contributed by atoms with van der Waals surface area (Å²) in [5.74, 6) is 1.00. The van der Waals surface area contributed by atoms with Crippen molar-refractivity contribution in [1.29, 1.82) is 0 Å². The van der Waals surface area contributed by atoms with Crippen molar-refractivity contribution in [3.8, 4) is 5.75 Å². The Hall–Kier alpha value is -1.16. The summed E-state index contributed by atoms with van der Waals surface area (Å²) in [5.41, 5.74) is 0.411. The molecule has 0 aliphatic carbocycles. The fraction of sp³-hybridized carbons (Fsp3) is 0.462. The zero-order valence-corrected chi connectivity index (χ0v) is 10.7. The number of thioether (sulfide) groups is 1. The van der Waals surface area contributed by atoms with Gasteiger partial charge in [0.2, 0.25) is 0 Å². The SMILES string of the molecule is CCC1CN(C(=O)c2ccccc2O)CCS1. The van der Waals surface area contributed by atoms with Gasteiger partial charge < -0.3 is 10.0 Å². The second-order valence-electron chi connectivity index (χ2n) is 4.17. The second-order valence-corrected chi connectivity index (χ2v) is 5.58. The fourth-order valence-corrected chi connectivity index (χ4v) is 3.16. The Morgan fingerprint density at radius 3 is 3.00 bits per heavy atom. The number of carbonyl (C=O) groups excluding carboxylic acids is 1. The van der Waals surface area contributed by atoms with E-state index in [2.05, 4.69) is 6.92 Å². The van der Waals surface area contributed by atoms with Crippen molar-refractivity contribution < 1.29 is 9.90 Å². The van der Waals surface area contributed by atoms with E-state index in [1.807, 2.05) is 16.7 Å². The highest BCUT2D eigenvalue weighted by Crippen LogP contribution is 2.24. The van der Waals surface area contributed by atoms with E-state index in [1.54, 1.807) is 24.3 Å². The molecule has 1 unspecified atom stereocenters. The van der Waals surface area contributed by atoms with E-state index in [4.69, 9.17) is 0 Å². The zero-order chi connectivity index (χ0) is 12.3. The van der Waals surface area contributed by atoms with Crippen LogP contribution in [-0.4, -0.2) is 40.0 Å². The Kier molecular flexibility index (Phi) is 3.94. The average Bonchev–Trinajstić information content (AvgIpc) is 2.38. The Morgan fingerprint density at radius 1 is 1.53 bits per heavy atom. The summed E-state index contributed by atoms with van der Waals surface area (Å²) in [6, 6.07) is 6.75. The molecule has 1 aliphatic heterocycles. The second kappa shape index (κ2) is 5.45. The van der Waals surface area contributed by atoms with E-state index in [1.165, 1.54) is 0 Å². The van der Waals surface area contributed by atoms with E-state index >= 15 is 0 Å². The lowest BCUT2D eigenvalue weighted by Crippen LogP contribution is -2.41. The molecule has 1 aromatic carbocycles. The number of aromatic hydroxyl groups is 1. The molecule has 1 fully saturated rings. The summed E-state index contributed by atoms with van der Waals surface area (Å²) in [4.78, 5) is 14.1. The Balaban J connectivity index is 2.12. The summed E-state index contributed by atoms with van der Waals surface area (Å²) in [5, 5.41) is 10.2. The summed E-state index contributed by atoms with van der Waals surface area (Å²) in [6.45, 7) is 3.70. The van der Waals surface area contributed by atoms with Crippen molar-refractivity contribution in [3.05, 3.63) is 29.8 Å². The number of amides is 1. The van der Waals surface area contributed by atoms with Crippen LogP contribution in [0.1, 0.15) is 23.7 Å². The molecule has 1 amide bonds. The van der Waals surface area contributed by atoms with Gasteiger partial charge in [0.15, 0.2) is 0 Å². The number of carbonyl (C=O) groups is 1. The minimum absolute atomic E-state index is 0.0538. The van der Waals surface area contributed by atoms with Crippen LogP contribution in [0.3, 0.4) is 0 Å². The molecule has 4 heteroatoms. The maximum Gasteiger partial charge on any atom is 0.257 e. The van der Waals surface area contributed by atoms with Crippen LogP contribution >= 0.6 is 11.8 Å². The van der Waals surface area contributed by atoms with Crippen LogP contribution in [0.15, 0.2) is 24.3 Å². The lowest BCUT2D eigenvalue weighted by atomic mass is 10.1. The van der Waals surface area contributed by atoms with Crippen LogP contribution in [0.2, 0.25) is 0 Å². The number of hydrogen-bond donors (Lipinski definition) is 1. The van der Waals surface area contributed by atoms with Gasteiger partial charge in [-0.3, -0.25) is 4.79 Å². The maximum atomic E-state index is 12.2. The molecule has 92 valence electrons. The number of para-hydroxylation sites is 1. The van der Waals surface area contributed by atoms with Gasteiger partial charge in [-0.05, 0) is 18.6 Å². The van der Waals surface area contributed by atoms with Crippen LogP contribution in [-0.2, 0) is 0 Å².